The number of aromatic nitrogens is 3. The van der Waals surface area contributed by atoms with Gasteiger partial charge in [-0.2, -0.15) is 13.2 Å². The first kappa shape index (κ1) is 30.2. The first-order valence-electron chi connectivity index (χ1n) is 13.3. The van der Waals surface area contributed by atoms with E-state index in [1.54, 1.807) is 55.6 Å². The molecule has 0 fully saturated rings. The van der Waals surface area contributed by atoms with Gasteiger partial charge in [-0.3, -0.25) is 14.8 Å². The van der Waals surface area contributed by atoms with E-state index in [-0.39, 0.29) is 19.4 Å². The summed E-state index contributed by atoms with van der Waals surface area (Å²) in [4.78, 5) is 20.1. The summed E-state index contributed by atoms with van der Waals surface area (Å²) in [7, 11) is 1.52. The molecule has 0 radical (unpaired) electrons. The van der Waals surface area contributed by atoms with Crippen LogP contribution in [0, 0.1) is 5.41 Å². The number of hydrogen-bond acceptors (Lipinski definition) is 5. The SMILES string of the molecule is CO[C@@H](C)c1ncccc1-c1c(CC(C)(C)CO)c2cc(-c3cccc(CCC(=O)O)n3)ccc2n1CC(F)(F)F. The highest BCUT2D eigenvalue weighted by atomic mass is 19.4. The summed E-state index contributed by atoms with van der Waals surface area (Å²) in [6, 6.07) is 14.0. The third-order valence-corrected chi connectivity index (χ3v) is 7.12. The van der Waals surface area contributed by atoms with Gasteiger partial charge in [0, 0.05) is 54.1 Å². The Morgan fingerprint density at radius 1 is 1.12 bits per heavy atom. The minimum atomic E-state index is -4.50. The number of pyridine rings is 2. The molecular formula is C31H34F3N3O4. The fourth-order valence-corrected chi connectivity index (χ4v) is 5.02. The maximum Gasteiger partial charge on any atom is 0.406 e. The molecule has 0 aliphatic carbocycles. The second kappa shape index (κ2) is 12.0. The number of aliphatic hydroxyl groups excluding tert-OH is 1. The molecule has 4 aromatic rings. The van der Waals surface area contributed by atoms with Gasteiger partial charge in [-0.1, -0.05) is 26.0 Å². The summed E-state index contributed by atoms with van der Waals surface area (Å²) in [5.74, 6) is -0.925. The van der Waals surface area contributed by atoms with E-state index < -0.39 is 30.2 Å². The Kier molecular flexibility index (Phi) is 8.84. The molecule has 0 aliphatic rings. The number of halogens is 3. The number of aliphatic carboxylic acids is 1. The van der Waals surface area contributed by atoms with E-state index >= 15 is 0 Å². The lowest BCUT2D eigenvalue weighted by Crippen LogP contribution is -2.21. The van der Waals surface area contributed by atoms with Gasteiger partial charge in [-0.15, -0.1) is 0 Å². The number of ether oxygens (including phenoxy) is 1. The quantitative estimate of drug-likeness (QED) is 0.211. The largest absolute Gasteiger partial charge is 0.481 e. The summed E-state index contributed by atoms with van der Waals surface area (Å²) in [6.07, 6.45) is -2.90. The van der Waals surface area contributed by atoms with Crippen LogP contribution in [0.1, 0.15) is 50.2 Å². The van der Waals surface area contributed by atoms with E-state index in [0.717, 1.165) is 0 Å². The van der Waals surface area contributed by atoms with Crippen LogP contribution < -0.4 is 0 Å². The fourth-order valence-electron chi connectivity index (χ4n) is 5.02. The molecule has 7 nitrogen and oxygen atoms in total. The topological polar surface area (TPSA) is 97.5 Å². The van der Waals surface area contributed by atoms with Crippen LogP contribution >= 0.6 is 0 Å². The number of aliphatic hydroxyl groups is 1. The Bertz CT molecular complexity index is 1550. The molecule has 0 saturated carbocycles. The third-order valence-electron chi connectivity index (χ3n) is 7.12. The summed E-state index contributed by atoms with van der Waals surface area (Å²) in [5, 5.41) is 19.8. The Labute approximate surface area is 236 Å². The summed E-state index contributed by atoms with van der Waals surface area (Å²) in [6.45, 7) is 4.14. The molecule has 0 saturated heterocycles. The molecule has 3 aromatic heterocycles. The molecular weight excluding hydrogens is 535 g/mol. The van der Waals surface area contributed by atoms with Crippen molar-refractivity contribution in [2.24, 2.45) is 5.41 Å². The van der Waals surface area contributed by atoms with Crippen molar-refractivity contribution in [3.05, 3.63) is 71.7 Å². The van der Waals surface area contributed by atoms with Crippen molar-refractivity contribution in [3.63, 3.8) is 0 Å². The first-order chi connectivity index (χ1) is 19.3. The number of carbonyl (C=O) groups is 1. The highest BCUT2D eigenvalue weighted by molar-refractivity contribution is 5.95. The summed E-state index contributed by atoms with van der Waals surface area (Å²) < 4.78 is 49.0. The Morgan fingerprint density at radius 2 is 1.88 bits per heavy atom. The average molecular weight is 570 g/mol. The third kappa shape index (κ3) is 6.94. The minimum Gasteiger partial charge on any atom is -0.481 e. The normalized spacial score (nSPS) is 13.1. The Balaban J connectivity index is 2.02. The lowest BCUT2D eigenvalue weighted by Gasteiger charge is -2.24. The van der Waals surface area contributed by atoms with Crippen molar-refractivity contribution < 1.29 is 32.9 Å². The number of carboxylic acid groups (broad SMARTS) is 1. The van der Waals surface area contributed by atoms with E-state index in [1.165, 1.54) is 11.7 Å². The van der Waals surface area contributed by atoms with Gasteiger partial charge >= 0.3 is 12.1 Å². The number of aryl methyl sites for hydroxylation is 1. The molecule has 41 heavy (non-hydrogen) atoms. The Morgan fingerprint density at radius 3 is 2.54 bits per heavy atom. The average Bonchev–Trinajstić information content (AvgIpc) is 3.21. The highest BCUT2D eigenvalue weighted by Crippen LogP contribution is 2.42. The summed E-state index contributed by atoms with van der Waals surface area (Å²) >= 11 is 0. The molecule has 3 heterocycles. The van der Waals surface area contributed by atoms with Gasteiger partial charge in [0.2, 0.25) is 0 Å². The first-order valence-corrected chi connectivity index (χ1v) is 13.3. The van der Waals surface area contributed by atoms with Crippen LogP contribution in [-0.4, -0.2) is 50.6 Å². The maximum atomic E-state index is 14.1. The molecule has 0 unspecified atom stereocenters. The number of methoxy groups -OCH3 is 1. The number of nitrogens with zero attached hydrogens (tertiary/aromatic N) is 3. The van der Waals surface area contributed by atoms with Gasteiger partial charge in [-0.25, -0.2) is 0 Å². The lowest BCUT2D eigenvalue weighted by atomic mass is 9.84. The van der Waals surface area contributed by atoms with Gasteiger partial charge in [0.1, 0.15) is 6.54 Å². The number of benzene rings is 1. The van der Waals surface area contributed by atoms with Crippen molar-refractivity contribution >= 4 is 16.9 Å². The van der Waals surface area contributed by atoms with Gasteiger partial charge in [0.15, 0.2) is 0 Å². The Hall–Kier alpha value is -3.76. The van der Waals surface area contributed by atoms with Crippen molar-refractivity contribution in [2.75, 3.05) is 13.7 Å². The maximum absolute atomic E-state index is 14.1. The fraction of sp³-hybridized carbons (Fsp3) is 0.387. The van der Waals surface area contributed by atoms with E-state index in [1.807, 2.05) is 19.9 Å². The number of hydrogen-bond donors (Lipinski definition) is 2. The van der Waals surface area contributed by atoms with Gasteiger partial charge in [-0.05, 0) is 60.7 Å². The molecule has 0 aliphatic heterocycles. The van der Waals surface area contributed by atoms with Crippen LogP contribution in [0.3, 0.4) is 0 Å². The number of rotatable bonds is 11. The zero-order valence-corrected chi connectivity index (χ0v) is 23.5. The molecule has 218 valence electrons. The standard InChI is InChI=1S/C31H34F3N3O4/c1-19(41-4)28-22(8-6-14-35-28)29-24(16-30(2,3)18-38)23-15-20(10-12-26(23)37(29)17-31(32,33)34)25-9-5-7-21(36-25)11-13-27(39)40/h5-10,12,14-15,19,38H,11,13,16-18H2,1-4H3,(H,39,40)/t19-/m0/s1. The molecule has 0 spiro atoms. The second-order valence-electron chi connectivity index (χ2n) is 11.0. The van der Waals surface area contributed by atoms with E-state index in [0.29, 0.717) is 56.8 Å². The predicted octanol–water partition coefficient (Wildman–Crippen LogP) is 6.61. The van der Waals surface area contributed by atoms with Gasteiger partial charge in [0.25, 0.3) is 0 Å². The lowest BCUT2D eigenvalue weighted by molar-refractivity contribution is -0.139. The van der Waals surface area contributed by atoms with Crippen LogP contribution in [0.4, 0.5) is 13.2 Å². The summed E-state index contributed by atoms with van der Waals surface area (Å²) in [5.41, 5.74) is 3.72. The van der Waals surface area contributed by atoms with Gasteiger partial charge in [0.05, 0.1) is 29.6 Å². The smallest absolute Gasteiger partial charge is 0.406 e. The molecule has 0 bridgehead atoms. The molecule has 10 heteroatoms. The van der Waals surface area contributed by atoms with E-state index in [2.05, 4.69) is 9.97 Å². The van der Waals surface area contributed by atoms with Crippen molar-refractivity contribution in [1.82, 2.24) is 14.5 Å². The molecule has 1 aromatic carbocycles. The van der Waals surface area contributed by atoms with Crippen LogP contribution in [0.15, 0.2) is 54.7 Å². The highest BCUT2D eigenvalue weighted by Gasteiger charge is 2.34. The predicted molar refractivity (Wildman–Crippen MR) is 150 cm³/mol. The minimum absolute atomic E-state index is 0.0626. The van der Waals surface area contributed by atoms with Crippen molar-refractivity contribution in [2.45, 2.75) is 58.9 Å². The van der Waals surface area contributed by atoms with E-state index in [4.69, 9.17) is 9.84 Å². The van der Waals surface area contributed by atoms with Crippen LogP contribution in [0.25, 0.3) is 33.4 Å². The number of fused-ring (bicyclic) bond motifs is 1. The van der Waals surface area contributed by atoms with Crippen LogP contribution in [-0.2, 0) is 28.9 Å². The molecule has 1 atom stereocenters. The van der Waals surface area contributed by atoms with Crippen molar-refractivity contribution in [3.8, 4) is 22.5 Å². The molecule has 2 N–H and O–H groups in total. The molecule has 0 amide bonds. The monoisotopic (exact) mass is 569 g/mol. The van der Waals surface area contributed by atoms with Crippen LogP contribution in [0.5, 0.6) is 0 Å². The number of carboxylic acids is 1. The number of alkyl halides is 3. The van der Waals surface area contributed by atoms with Crippen LogP contribution in [0.2, 0.25) is 0 Å². The van der Waals surface area contributed by atoms with Gasteiger partial charge < -0.3 is 19.5 Å². The zero-order valence-electron chi connectivity index (χ0n) is 23.5. The van der Waals surface area contributed by atoms with E-state index in [9.17, 15) is 23.1 Å². The molecule has 4 rings (SSSR count). The zero-order chi connectivity index (χ0) is 29.9. The van der Waals surface area contributed by atoms with Crippen molar-refractivity contribution in [1.29, 1.82) is 0 Å². The second-order valence-corrected chi connectivity index (χ2v) is 11.0.